The van der Waals surface area contributed by atoms with Gasteiger partial charge in [0.15, 0.2) is 0 Å². The number of thioether (sulfide) groups is 1. The lowest BCUT2D eigenvalue weighted by Gasteiger charge is -2.15. The Balaban J connectivity index is 2.92. The summed E-state index contributed by atoms with van der Waals surface area (Å²) in [5, 5.41) is 6.10. The molecule has 1 aromatic rings. The van der Waals surface area contributed by atoms with E-state index in [-0.39, 0.29) is 0 Å². The number of hydrogen-bond acceptors (Lipinski definition) is 3. The van der Waals surface area contributed by atoms with Crippen molar-refractivity contribution in [1.29, 1.82) is 0 Å². The predicted molar refractivity (Wildman–Crippen MR) is 67.2 cm³/mol. The molecule has 0 spiro atoms. The normalized spacial score (nSPS) is 13.5. The molecule has 86 valence electrons. The van der Waals surface area contributed by atoms with Crippen LogP contribution in [0.5, 0.6) is 0 Å². The van der Waals surface area contributed by atoms with Crippen molar-refractivity contribution in [3.8, 4) is 0 Å². The molecule has 0 fully saturated rings. The molecule has 2 N–H and O–H groups in total. The summed E-state index contributed by atoms with van der Waals surface area (Å²) in [6, 6.07) is 0. The Bertz CT molecular complexity index is 331. The van der Waals surface area contributed by atoms with Crippen LogP contribution in [0.4, 0.5) is 5.69 Å². The van der Waals surface area contributed by atoms with Crippen LogP contribution in [0.1, 0.15) is 33.4 Å². The zero-order chi connectivity index (χ0) is 11.6. The van der Waals surface area contributed by atoms with Crippen molar-refractivity contribution >= 4 is 17.4 Å². The average Bonchev–Trinajstić information content (AvgIpc) is 2.45. The van der Waals surface area contributed by atoms with E-state index in [0.29, 0.717) is 11.2 Å². The second-order valence-electron chi connectivity index (χ2n) is 4.19. The van der Waals surface area contributed by atoms with E-state index in [0.717, 1.165) is 23.0 Å². The van der Waals surface area contributed by atoms with Gasteiger partial charge < -0.3 is 5.73 Å². The number of nitrogens with zero attached hydrogens (tertiary/aromatic N) is 2. The van der Waals surface area contributed by atoms with Gasteiger partial charge in [-0.2, -0.15) is 5.10 Å². The molecule has 0 aliphatic rings. The molecule has 0 aromatic carbocycles. The first-order valence-electron chi connectivity index (χ1n) is 5.46. The Labute approximate surface area is 96.4 Å². The molecule has 0 aliphatic carbocycles. The smallest absolute Gasteiger partial charge is 0.118 e. The molecular formula is C11H21N3S. The Morgan fingerprint density at radius 1 is 1.40 bits per heavy atom. The van der Waals surface area contributed by atoms with Crippen LogP contribution in [0.25, 0.3) is 0 Å². The first-order chi connectivity index (χ1) is 6.97. The summed E-state index contributed by atoms with van der Waals surface area (Å²) in [5.41, 5.74) is 7.81. The fraction of sp³-hybridized carbons (Fsp3) is 0.727. The summed E-state index contributed by atoms with van der Waals surface area (Å²) in [5.74, 6) is 0.648. The minimum absolute atomic E-state index is 0.564. The SMILES string of the molecule is CCn1nc(C)c(N)c1SC(C)C(C)C. The predicted octanol–water partition coefficient (Wildman–Crippen LogP) is 2.93. The molecule has 0 bridgehead atoms. The number of hydrogen-bond donors (Lipinski definition) is 1. The van der Waals surface area contributed by atoms with Gasteiger partial charge in [0.2, 0.25) is 0 Å². The summed E-state index contributed by atoms with van der Waals surface area (Å²) in [6.07, 6.45) is 0. The first kappa shape index (κ1) is 12.4. The first-order valence-corrected chi connectivity index (χ1v) is 6.34. The quantitative estimate of drug-likeness (QED) is 0.804. The molecule has 1 unspecified atom stereocenters. The largest absolute Gasteiger partial charge is 0.395 e. The zero-order valence-electron chi connectivity index (χ0n) is 10.2. The van der Waals surface area contributed by atoms with Crippen molar-refractivity contribution in [2.24, 2.45) is 5.92 Å². The van der Waals surface area contributed by atoms with E-state index < -0.39 is 0 Å². The lowest BCUT2D eigenvalue weighted by Crippen LogP contribution is -2.08. The topological polar surface area (TPSA) is 43.8 Å². The lowest BCUT2D eigenvalue weighted by molar-refractivity contribution is 0.594. The Hall–Kier alpha value is -0.640. The highest BCUT2D eigenvalue weighted by Crippen LogP contribution is 2.33. The van der Waals surface area contributed by atoms with Gasteiger partial charge in [-0.3, -0.25) is 4.68 Å². The highest BCUT2D eigenvalue weighted by atomic mass is 32.2. The molecule has 0 aliphatic heterocycles. The molecule has 1 aromatic heterocycles. The molecule has 1 atom stereocenters. The number of anilines is 1. The fourth-order valence-electron chi connectivity index (χ4n) is 1.22. The standard InChI is InChI=1S/C11H21N3S/c1-6-14-11(10(12)8(4)13-14)15-9(5)7(2)3/h7,9H,6,12H2,1-5H3. The summed E-state index contributed by atoms with van der Waals surface area (Å²) in [7, 11) is 0. The van der Waals surface area contributed by atoms with E-state index in [9.17, 15) is 0 Å². The van der Waals surface area contributed by atoms with Gasteiger partial charge >= 0.3 is 0 Å². The molecule has 0 saturated heterocycles. The van der Waals surface area contributed by atoms with Crippen molar-refractivity contribution in [2.75, 3.05) is 5.73 Å². The van der Waals surface area contributed by atoms with Crippen molar-refractivity contribution in [3.05, 3.63) is 5.69 Å². The van der Waals surface area contributed by atoms with Gasteiger partial charge in [-0.25, -0.2) is 0 Å². The maximum atomic E-state index is 6.02. The molecule has 4 heteroatoms. The maximum Gasteiger partial charge on any atom is 0.118 e. The molecule has 0 amide bonds. The van der Waals surface area contributed by atoms with Gasteiger partial charge in [-0.1, -0.05) is 20.8 Å². The molecule has 0 radical (unpaired) electrons. The third kappa shape index (κ3) is 2.68. The number of nitrogen functional groups attached to an aromatic ring is 1. The minimum Gasteiger partial charge on any atom is -0.395 e. The molecular weight excluding hydrogens is 206 g/mol. The van der Waals surface area contributed by atoms with Crippen LogP contribution < -0.4 is 5.73 Å². The maximum absolute atomic E-state index is 6.02. The summed E-state index contributed by atoms with van der Waals surface area (Å²) in [6.45, 7) is 11.6. The second kappa shape index (κ2) is 4.92. The lowest BCUT2D eigenvalue weighted by atomic mass is 10.2. The molecule has 3 nitrogen and oxygen atoms in total. The highest BCUT2D eigenvalue weighted by molar-refractivity contribution is 8.00. The van der Waals surface area contributed by atoms with Crippen LogP contribution >= 0.6 is 11.8 Å². The molecule has 1 rings (SSSR count). The van der Waals surface area contributed by atoms with Gasteiger partial charge in [-0.15, -0.1) is 11.8 Å². The summed E-state index contributed by atoms with van der Waals surface area (Å²) in [4.78, 5) is 0. The van der Waals surface area contributed by atoms with E-state index in [1.165, 1.54) is 0 Å². The fourth-order valence-corrected chi connectivity index (χ4v) is 2.42. The van der Waals surface area contributed by atoms with Gasteiger partial charge in [-0.05, 0) is 19.8 Å². The number of aryl methyl sites for hydroxylation is 2. The van der Waals surface area contributed by atoms with Crippen LogP contribution in [-0.4, -0.2) is 15.0 Å². The van der Waals surface area contributed by atoms with Crippen molar-refractivity contribution in [1.82, 2.24) is 9.78 Å². The summed E-state index contributed by atoms with van der Waals surface area (Å²) < 4.78 is 1.99. The Morgan fingerprint density at radius 2 is 2.00 bits per heavy atom. The summed E-state index contributed by atoms with van der Waals surface area (Å²) >= 11 is 1.83. The van der Waals surface area contributed by atoms with E-state index >= 15 is 0 Å². The van der Waals surface area contributed by atoms with Crippen LogP contribution in [-0.2, 0) is 6.54 Å². The van der Waals surface area contributed by atoms with E-state index in [4.69, 9.17) is 5.73 Å². The van der Waals surface area contributed by atoms with Gasteiger partial charge in [0, 0.05) is 11.8 Å². The highest BCUT2D eigenvalue weighted by Gasteiger charge is 2.16. The third-order valence-corrected chi connectivity index (χ3v) is 4.23. The van der Waals surface area contributed by atoms with Crippen LogP contribution in [0, 0.1) is 12.8 Å². The monoisotopic (exact) mass is 227 g/mol. The minimum atomic E-state index is 0.564. The molecule has 0 saturated carbocycles. The zero-order valence-corrected chi connectivity index (χ0v) is 11.1. The number of aromatic nitrogens is 2. The Morgan fingerprint density at radius 3 is 2.47 bits per heavy atom. The van der Waals surface area contributed by atoms with E-state index in [1.807, 2.05) is 23.4 Å². The Kier molecular flexibility index (Phi) is 4.08. The van der Waals surface area contributed by atoms with E-state index in [2.05, 4.69) is 32.8 Å². The van der Waals surface area contributed by atoms with Crippen LogP contribution in [0.2, 0.25) is 0 Å². The van der Waals surface area contributed by atoms with Crippen LogP contribution in [0.15, 0.2) is 5.03 Å². The molecule has 15 heavy (non-hydrogen) atoms. The number of nitrogens with two attached hydrogens (primary N) is 1. The number of rotatable bonds is 4. The van der Waals surface area contributed by atoms with Crippen LogP contribution in [0.3, 0.4) is 0 Å². The van der Waals surface area contributed by atoms with Gasteiger partial charge in [0.1, 0.15) is 5.03 Å². The van der Waals surface area contributed by atoms with Gasteiger partial charge in [0.05, 0.1) is 11.4 Å². The third-order valence-electron chi connectivity index (χ3n) is 2.66. The molecule has 1 heterocycles. The van der Waals surface area contributed by atoms with Crippen molar-refractivity contribution in [3.63, 3.8) is 0 Å². The average molecular weight is 227 g/mol. The van der Waals surface area contributed by atoms with E-state index in [1.54, 1.807) is 0 Å². The van der Waals surface area contributed by atoms with Gasteiger partial charge in [0.25, 0.3) is 0 Å². The second-order valence-corrected chi connectivity index (χ2v) is 5.55. The van der Waals surface area contributed by atoms with Crippen molar-refractivity contribution in [2.45, 2.75) is 51.4 Å². The van der Waals surface area contributed by atoms with Crippen molar-refractivity contribution < 1.29 is 0 Å².